The highest BCUT2D eigenvalue weighted by atomic mass is 16.6. The largest absolute Gasteiger partial charge is 0.444 e. The van der Waals surface area contributed by atoms with E-state index in [0.29, 0.717) is 17.0 Å². The lowest BCUT2D eigenvalue weighted by atomic mass is 10.1. The maximum Gasteiger partial charge on any atom is 0.412 e. The average molecular weight is 321 g/mol. The van der Waals surface area contributed by atoms with Crippen molar-refractivity contribution < 1.29 is 9.53 Å². The first kappa shape index (κ1) is 15.9. The first-order valence-electron chi connectivity index (χ1n) is 7.73. The molecule has 1 N–H and O–H groups in total. The summed E-state index contributed by atoms with van der Waals surface area (Å²) in [5, 5.41) is 3.66. The Balaban J connectivity index is 2.05. The molecule has 0 aliphatic rings. The van der Waals surface area contributed by atoms with Gasteiger partial charge in [-0.05, 0) is 39.0 Å². The van der Waals surface area contributed by atoms with Crippen LogP contribution in [0.5, 0.6) is 0 Å². The van der Waals surface area contributed by atoms with Gasteiger partial charge in [0.1, 0.15) is 5.60 Å². The van der Waals surface area contributed by atoms with Crippen molar-refractivity contribution >= 4 is 22.8 Å². The maximum absolute atomic E-state index is 12.2. The van der Waals surface area contributed by atoms with Gasteiger partial charge in [0.2, 0.25) is 0 Å². The van der Waals surface area contributed by atoms with Crippen molar-refractivity contribution in [3.8, 4) is 11.3 Å². The van der Waals surface area contributed by atoms with Crippen molar-refractivity contribution in [2.45, 2.75) is 26.4 Å². The predicted molar refractivity (Wildman–Crippen MR) is 94.8 cm³/mol. The highest BCUT2D eigenvalue weighted by molar-refractivity contribution is 5.94. The highest BCUT2D eigenvalue weighted by Crippen LogP contribution is 2.29. The van der Waals surface area contributed by atoms with Crippen LogP contribution in [0.4, 0.5) is 10.5 Å². The molecule has 0 saturated carbocycles. The number of ether oxygens (including phenoxy) is 1. The van der Waals surface area contributed by atoms with Crippen molar-refractivity contribution in [3.63, 3.8) is 0 Å². The first-order valence-corrected chi connectivity index (χ1v) is 7.73. The lowest BCUT2D eigenvalue weighted by Crippen LogP contribution is -2.27. The van der Waals surface area contributed by atoms with Crippen LogP contribution in [-0.4, -0.2) is 21.7 Å². The van der Waals surface area contributed by atoms with Gasteiger partial charge in [0.15, 0.2) is 5.65 Å². The molecule has 0 bridgehead atoms. The van der Waals surface area contributed by atoms with Gasteiger partial charge in [-0.15, -0.1) is 0 Å². The van der Waals surface area contributed by atoms with Crippen molar-refractivity contribution in [2.24, 2.45) is 0 Å². The molecule has 24 heavy (non-hydrogen) atoms. The molecule has 0 aliphatic heterocycles. The van der Waals surface area contributed by atoms with Crippen molar-refractivity contribution in [3.05, 3.63) is 54.7 Å². The van der Waals surface area contributed by atoms with E-state index in [2.05, 4.69) is 15.3 Å². The minimum Gasteiger partial charge on any atom is -0.444 e. The Morgan fingerprint density at radius 3 is 2.54 bits per heavy atom. The van der Waals surface area contributed by atoms with Crippen LogP contribution < -0.4 is 5.32 Å². The van der Waals surface area contributed by atoms with Crippen LogP contribution in [0.2, 0.25) is 0 Å². The van der Waals surface area contributed by atoms with Gasteiger partial charge in [-0.3, -0.25) is 5.32 Å². The lowest BCUT2D eigenvalue weighted by molar-refractivity contribution is 0.0636. The summed E-state index contributed by atoms with van der Waals surface area (Å²) in [6.07, 6.45) is 1.19. The SMILES string of the molecule is CC(C)(C)OC(=O)Nc1cc2cccnc2nc1-c1ccccc1. The third kappa shape index (κ3) is 3.68. The number of carbonyl (C=O) groups is 1. The number of hydrogen-bond donors (Lipinski definition) is 1. The van der Waals surface area contributed by atoms with Crippen molar-refractivity contribution in [2.75, 3.05) is 5.32 Å². The monoisotopic (exact) mass is 321 g/mol. The van der Waals surface area contributed by atoms with Gasteiger partial charge < -0.3 is 4.74 Å². The molecule has 1 amide bonds. The number of anilines is 1. The van der Waals surface area contributed by atoms with Gasteiger partial charge in [0.25, 0.3) is 0 Å². The topological polar surface area (TPSA) is 64.1 Å². The number of pyridine rings is 2. The second-order valence-corrected chi connectivity index (χ2v) is 6.43. The van der Waals surface area contributed by atoms with E-state index < -0.39 is 11.7 Å². The Labute approximate surface area is 140 Å². The summed E-state index contributed by atoms with van der Waals surface area (Å²) in [6, 6.07) is 15.3. The molecular formula is C19H19N3O2. The third-order valence-electron chi connectivity index (χ3n) is 3.27. The average Bonchev–Trinajstić information content (AvgIpc) is 2.53. The van der Waals surface area contributed by atoms with E-state index in [1.165, 1.54) is 0 Å². The van der Waals surface area contributed by atoms with E-state index >= 15 is 0 Å². The molecule has 0 unspecified atom stereocenters. The van der Waals surface area contributed by atoms with Crippen molar-refractivity contribution in [1.29, 1.82) is 0 Å². The minimum atomic E-state index is -0.567. The summed E-state index contributed by atoms with van der Waals surface area (Å²) >= 11 is 0. The van der Waals surface area contributed by atoms with Crippen LogP contribution in [0.15, 0.2) is 54.7 Å². The van der Waals surface area contributed by atoms with E-state index in [1.807, 2.05) is 69.3 Å². The van der Waals surface area contributed by atoms with E-state index in [1.54, 1.807) is 6.20 Å². The van der Waals surface area contributed by atoms with Gasteiger partial charge in [0.05, 0.1) is 11.4 Å². The predicted octanol–water partition coefficient (Wildman–Crippen LogP) is 4.64. The molecule has 3 rings (SSSR count). The normalized spacial score (nSPS) is 11.3. The Morgan fingerprint density at radius 1 is 1.08 bits per heavy atom. The third-order valence-corrected chi connectivity index (χ3v) is 3.27. The zero-order chi connectivity index (χ0) is 17.2. The fourth-order valence-corrected chi connectivity index (χ4v) is 2.33. The van der Waals surface area contributed by atoms with E-state index in [-0.39, 0.29) is 0 Å². The van der Waals surface area contributed by atoms with Crippen molar-refractivity contribution in [1.82, 2.24) is 9.97 Å². The second-order valence-electron chi connectivity index (χ2n) is 6.43. The summed E-state index contributed by atoms with van der Waals surface area (Å²) in [6.45, 7) is 5.48. The fraction of sp³-hybridized carbons (Fsp3) is 0.211. The number of amides is 1. The second kappa shape index (κ2) is 6.28. The molecule has 122 valence electrons. The molecule has 0 aliphatic carbocycles. The van der Waals surface area contributed by atoms with Gasteiger partial charge in [0, 0.05) is 17.1 Å². The molecule has 1 aromatic carbocycles. The quantitative estimate of drug-likeness (QED) is 0.746. The summed E-state index contributed by atoms with van der Waals surface area (Å²) in [7, 11) is 0. The van der Waals surface area contributed by atoms with Crippen LogP contribution in [0.3, 0.4) is 0 Å². The van der Waals surface area contributed by atoms with Crippen LogP contribution in [0.25, 0.3) is 22.3 Å². The molecule has 0 atom stereocenters. The molecular weight excluding hydrogens is 302 g/mol. The summed E-state index contributed by atoms with van der Waals surface area (Å²) in [4.78, 5) is 21.1. The standard InChI is InChI=1S/C19H19N3O2/c1-19(2,3)24-18(23)21-15-12-14-10-7-11-20-17(14)22-16(15)13-8-5-4-6-9-13/h4-12H,1-3H3,(H,21,23). The van der Waals surface area contributed by atoms with Crippen LogP contribution in [-0.2, 0) is 4.74 Å². The number of carbonyl (C=O) groups excluding carboxylic acids is 1. The number of nitrogens with zero attached hydrogens (tertiary/aromatic N) is 2. The molecule has 0 fully saturated rings. The molecule has 5 nitrogen and oxygen atoms in total. The molecule has 2 aromatic heterocycles. The smallest absolute Gasteiger partial charge is 0.412 e. The van der Waals surface area contributed by atoms with Gasteiger partial charge >= 0.3 is 6.09 Å². The molecule has 2 heterocycles. The molecule has 0 spiro atoms. The summed E-state index contributed by atoms with van der Waals surface area (Å²) in [5.74, 6) is 0. The fourth-order valence-electron chi connectivity index (χ4n) is 2.33. The van der Waals surface area contributed by atoms with Gasteiger partial charge in [-0.2, -0.15) is 0 Å². The van der Waals surface area contributed by atoms with Crippen LogP contribution in [0.1, 0.15) is 20.8 Å². The van der Waals surface area contributed by atoms with Crippen LogP contribution >= 0.6 is 0 Å². The molecule has 5 heteroatoms. The summed E-state index contributed by atoms with van der Waals surface area (Å²) < 4.78 is 5.35. The minimum absolute atomic E-state index is 0.510. The first-order chi connectivity index (χ1) is 11.4. The molecule has 0 saturated heterocycles. The Hall–Kier alpha value is -2.95. The molecule has 3 aromatic rings. The Morgan fingerprint density at radius 2 is 1.83 bits per heavy atom. The van der Waals surface area contributed by atoms with Crippen LogP contribution in [0, 0.1) is 0 Å². The highest BCUT2D eigenvalue weighted by Gasteiger charge is 2.18. The number of nitrogens with one attached hydrogen (secondary N) is 1. The van der Waals surface area contributed by atoms with Gasteiger partial charge in [-0.25, -0.2) is 14.8 Å². The van der Waals surface area contributed by atoms with Gasteiger partial charge in [-0.1, -0.05) is 30.3 Å². The molecule has 0 radical (unpaired) electrons. The number of fused-ring (bicyclic) bond motifs is 1. The lowest BCUT2D eigenvalue weighted by Gasteiger charge is -2.20. The number of hydrogen-bond acceptors (Lipinski definition) is 4. The number of rotatable bonds is 2. The number of benzene rings is 1. The Bertz CT molecular complexity index is 871. The van der Waals surface area contributed by atoms with E-state index in [9.17, 15) is 4.79 Å². The zero-order valence-electron chi connectivity index (χ0n) is 13.9. The van der Waals surface area contributed by atoms with E-state index in [0.717, 1.165) is 10.9 Å². The maximum atomic E-state index is 12.2. The zero-order valence-corrected chi connectivity index (χ0v) is 13.9. The Kier molecular flexibility index (Phi) is 4.16. The number of aromatic nitrogens is 2. The van der Waals surface area contributed by atoms with E-state index in [4.69, 9.17) is 4.74 Å². The summed E-state index contributed by atoms with van der Waals surface area (Å²) in [5.41, 5.74) is 2.22.